The number of nitrogens with zero attached hydrogens (tertiary/aromatic N) is 2. The highest BCUT2D eigenvalue weighted by molar-refractivity contribution is 5.92. The SMILES string of the molecule is CCCC(C(=O)NC=O)N1CCOc2c(C3CCN(CC(=O)O)CC3)cccc21. The Morgan fingerprint density at radius 1 is 1.31 bits per heavy atom. The van der Waals surface area contributed by atoms with Crippen molar-refractivity contribution < 1.29 is 24.2 Å². The van der Waals surface area contributed by atoms with E-state index in [1.165, 1.54) is 0 Å². The smallest absolute Gasteiger partial charge is 0.317 e. The van der Waals surface area contributed by atoms with Gasteiger partial charge in [0.05, 0.1) is 18.8 Å². The van der Waals surface area contributed by atoms with Crippen LogP contribution in [0.1, 0.15) is 44.1 Å². The van der Waals surface area contributed by atoms with E-state index < -0.39 is 12.0 Å². The Balaban J connectivity index is 1.82. The highest BCUT2D eigenvalue weighted by Crippen LogP contribution is 2.42. The van der Waals surface area contributed by atoms with Crippen LogP contribution in [0.25, 0.3) is 0 Å². The number of anilines is 1. The molecule has 1 fully saturated rings. The van der Waals surface area contributed by atoms with E-state index in [2.05, 4.69) is 11.4 Å². The number of ether oxygens (including phenoxy) is 1. The van der Waals surface area contributed by atoms with E-state index in [1.807, 2.05) is 28.9 Å². The van der Waals surface area contributed by atoms with E-state index in [0.29, 0.717) is 31.9 Å². The van der Waals surface area contributed by atoms with E-state index in [1.54, 1.807) is 0 Å². The molecule has 2 heterocycles. The molecule has 0 bridgehead atoms. The number of carboxylic acids is 1. The molecule has 0 aromatic heterocycles. The minimum Gasteiger partial charge on any atom is -0.489 e. The van der Waals surface area contributed by atoms with Gasteiger partial charge in [-0.2, -0.15) is 0 Å². The minimum absolute atomic E-state index is 0.0778. The lowest BCUT2D eigenvalue weighted by Gasteiger charge is -2.39. The number of imide groups is 1. The number of aliphatic carboxylic acids is 1. The van der Waals surface area contributed by atoms with Gasteiger partial charge in [-0.15, -0.1) is 0 Å². The molecule has 158 valence electrons. The van der Waals surface area contributed by atoms with Crippen molar-refractivity contribution in [3.8, 4) is 5.75 Å². The molecule has 1 aromatic rings. The van der Waals surface area contributed by atoms with Gasteiger partial charge in [0.15, 0.2) is 0 Å². The van der Waals surface area contributed by atoms with E-state index in [9.17, 15) is 14.4 Å². The minimum atomic E-state index is -0.796. The van der Waals surface area contributed by atoms with Gasteiger partial charge in [-0.3, -0.25) is 24.6 Å². The monoisotopic (exact) mass is 403 g/mol. The fourth-order valence-corrected chi connectivity index (χ4v) is 4.39. The van der Waals surface area contributed by atoms with Crippen molar-refractivity contribution in [2.45, 2.75) is 44.6 Å². The van der Waals surface area contributed by atoms with Crippen LogP contribution in [0, 0.1) is 0 Å². The highest BCUT2D eigenvalue weighted by Gasteiger charge is 2.33. The van der Waals surface area contributed by atoms with Gasteiger partial charge >= 0.3 is 5.97 Å². The lowest BCUT2D eigenvalue weighted by molar-refractivity contribution is -0.138. The fraction of sp³-hybridized carbons (Fsp3) is 0.571. The summed E-state index contributed by atoms with van der Waals surface area (Å²) in [5.41, 5.74) is 2.01. The van der Waals surface area contributed by atoms with Crippen LogP contribution >= 0.6 is 0 Å². The molecular formula is C21H29N3O5. The summed E-state index contributed by atoms with van der Waals surface area (Å²) in [6.07, 6.45) is 3.66. The highest BCUT2D eigenvalue weighted by atomic mass is 16.5. The summed E-state index contributed by atoms with van der Waals surface area (Å²) in [6, 6.07) is 5.61. The Morgan fingerprint density at radius 2 is 2.07 bits per heavy atom. The maximum Gasteiger partial charge on any atom is 0.317 e. The predicted molar refractivity (Wildman–Crippen MR) is 108 cm³/mol. The van der Waals surface area contributed by atoms with E-state index in [4.69, 9.17) is 9.84 Å². The number of rotatable bonds is 8. The van der Waals surface area contributed by atoms with Crippen molar-refractivity contribution in [1.82, 2.24) is 10.2 Å². The fourth-order valence-electron chi connectivity index (χ4n) is 4.39. The number of fused-ring (bicyclic) bond motifs is 1. The molecule has 29 heavy (non-hydrogen) atoms. The molecule has 1 aromatic carbocycles. The number of hydrogen-bond donors (Lipinski definition) is 2. The molecule has 2 N–H and O–H groups in total. The molecule has 1 atom stereocenters. The van der Waals surface area contributed by atoms with Gasteiger partial charge in [-0.1, -0.05) is 25.5 Å². The molecule has 8 heteroatoms. The second-order valence-electron chi connectivity index (χ2n) is 7.61. The maximum atomic E-state index is 12.5. The lowest BCUT2D eigenvalue weighted by atomic mass is 9.88. The van der Waals surface area contributed by atoms with Gasteiger partial charge in [0.2, 0.25) is 12.3 Å². The zero-order valence-electron chi connectivity index (χ0n) is 16.8. The number of likely N-dealkylation sites (tertiary alicyclic amines) is 1. The molecule has 0 spiro atoms. The number of amides is 2. The van der Waals surface area contributed by atoms with Gasteiger partial charge in [-0.05, 0) is 49.9 Å². The van der Waals surface area contributed by atoms with Crippen molar-refractivity contribution in [1.29, 1.82) is 0 Å². The molecule has 1 saturated heterocycles. The molecule has 2 amide bonds. The van der Waals surface area contributed by atoms with E-state index in [-0.39, 0.29) is 12.5 Å². The third-order valence-electron chi connectivity index (χ3n) is 5.74. The number of nitrogens with one attached hydrogen (secondary N) is 1. The number of benzene rings is 1. The Bertz CT molecular complexity index is 746. The quantitative estimate of drug-likeness (QED) is 0.636. The molecule has 0 radical (unpaired) electrons. The summed E-state index contributed by atoms with van der Waals surface area (Å²) < 4.78 is 6.05. The first-order valence-electron chi connectivity index (χ1n) is 10.3. The van der Waals surface area contributed by atoms with Gasteiger partial charge in [0.25, 0.3) is 0 Å². The second-order valence-corrected chi connectivity index (χ2v) is 7.61. The maximum absolute atomic E-state index is 12.5. The Labute approximate surface area is 170 Å². The second kappa shape index (κ2) is 9.73. The molecule has 2 aliphatic rings. The summed E-state index contributed by atoms with van der Waals surface area (Å²) in [4.78, 5) is 38.2. The Hall–Kier alpha value is -2.61. The normalized spacial score (nSPS) is 18.4. The standard InChI is InChI=1S/C21H29N3O5/c1-2-4-18(21(28)22-14-25)24-11-12-29-20-16(5-3-6-17(20)24)15-7-9-23(10-8-15)13-19(26)27/h3,5-6,14-15,18H,2,4,7-13H2,1H3,(H,26,27)(H,22,25,28). The molecule has 3 rings (SSSR count). The average Bonchev–Trinajstić information content (AvgIpc) is 2.71. The van der Waals surface area contributed by atoms with Crippen LogP contribution in [-0.4, -0.2) is 67.1 Å². The number of piperidine rings is 1. The van der Waals surface area contributed by atoms with Crippen LogP contribution in [-0.2, 0) is 14.4 Å². The van der Waals surface area contributed by atoms with Gasteiger partial charge in [0.1, 0.15) is 18.4 Å². The third-order valence-corrected chi connectivity index (χ3v) is 5.74. The van der Waals surface area contributed by atoms with Crippen molar-refractivity contribution in [2.24, 2.45) is 0 Å². The molecule has 8 nitrogen and oxygen atoms in total. The third kappa shape index (κ3) is 4.87. The molecular weight excluding hydrogens is 374 g/mol. The van der Waals surface area contributed by atoms with Crippen LogP contribution in [0.2, 0.25) is 0 Å². The largest absolute Gasteiger partial charge is 0.489 e. The van der Waals surface area contributed by atoms with Gasteiger partial charge in [-0.25, -0.2) is 0 Å². The molecule has 2 aliphatic heterocycles. The van der Waals surface area contributed by atoms with Crippen LogP contribution in [0.3, 0.4) is 0 Å². The van der Waals surface area contributed by atoms with Crippen LogP contribution in [0.4, 0.5) is 5.69 Å². The zero-order valence-corrected chi connectivity index (χ0v) is 16.8. The number of carboxylic acid groups (broad SMARTS) is 1. The average molecular weight is 403 g/mol. The Morgan fingerprint density at radius 3 is 2.72 bits per heavy atom. The van der Waals surface area contributed by atoms with Gasteiger partial charge < -0.3 is 14.7 Å². The lowest BCUT2D eigenvalue weighted by Crippen LogP contribution is -2.50. The summed E-state index contributed by atoms with van der Waals surface area (Å²) in [6.45, 7) is 4.65. The molecule has 1 unspecified atom stereocenters. The van der Waals surface area contributed by atoms with Crippen molar-refractivity contribution in [2.75, 3.05) is 37.7 Å². The van der Waals surface area contributed by atoms with Crippen LogP contribution < -0.4 is 15.0 Å². The molecule has 0 saturated carbocycles. The van der Waals surface area contributed by atoms with E-state index in [0.717, 1.165) is 49.4 Å². The molecule has 0 aliphatic carbocycles. The Kier molecular flexibility index (Phi) is 7.09. The number of hydrogen-bond acceptors (Lipinski definition) is 6. The first-order valence-corrected chi connectivity index (χ1v) is 10.3. The first kappa shape index (κ1) is 21.1. The first-order chi connectivity index (χ1) is 14.0. The van der Waals surface area contributed by atoms with Crippen LogP contribution in [0.5, 0.6) is 5.75 Å². The van der Waals surface area contributed by atoms with Crippen LogP contribution in [0.15, 0.2) is 18.2 Å². The number of carbonyl (C=O) groups excluding carboxylic acids is 2. The summed E-state index contributed by atoms with van der Waals surface area (Å²) in [5.74, 6) is 0.0241. The zero-order chi connectivity index (χ0) is 20.8. The van der Waals surface area contributed by atoms with Crippen molar-refractivity contribution in [3.63, 3.8) is 0 Å². The number of carbonyl (C=O) groups is 3. The summed E-state index contributed by atoms with van der Waals surface area (Å²) >= 11 is 0. The number of para-hydroxylation sites is 1. The van der Waals surface area contributed by atoms with Crippen molar-refractivity contribution >= 4 is 24.0 Å². The summed E-state index contributed by atoms with van der Waals surface area (Å²) in [5, 5.41) is 11.3. The summed E-state index contributed by atoms with van der Waals surface area (Å²) in [7, 11) is 0. The van der Waals surface area contributed by atoms with Crippen molar-refractivity contribution in [3.05, 3.63) is 23.8 Å². The predicted octanol–water partition coefficient (Wildman–Crippen LogP) is 1.59. The topological polar surface area (TPSA) is 99.2 Å². The van der Waals surface area contributed by atoms with Gasteiger partial charge in [0, 0.05) is 0 Å². The van der Waals surface area contributed by atoms with E-state index >= 15 is 0 Å².